The second-order valence-corrected chi connectivity index (χ2v) is 5.07. The number of aliphatic hydroxyl groups is 1. The summed E-state index contributed by atoms with van der Waals surface area (Å²) in [7, 11) is 0. The van der Waals surface area contributed by atoms with E-state index in [1.165, 1.54) is 0 Å². The highest BCUT2D eigenvalue weighted by Crippen LogP contribution is 2.17. The molecule has 4 nitrogen and oxygen atoms in total. The second kappa shape index (κ2) is 9.69. The molecular formula is C15H24N2O2S. The van der Waals surface area contributed by atoms with Gasteiger partial charge in [-0.2, -0.15) is 0 Å². The summed E-state index contributed by atoms with van der Waals surface area (Å²) in [6.07, 6.45) is 2.00. The van der Waals surface area contributed by atoms with Gasteiger partial charge in [-0.25, -0.2) is 0 Å². The van der Waals surface area contributed by atoms with Crippen molar-refractivity contribution in [3.05, 3.63) is 29.8 Å². The molecule has 3 N–H and O–H groups in total. The minimum Gasteiger partial charge on any atom is -0.493 e. The molecule has 0 unspecified atom stereocenters. The van der Waals surface area contributed by atoms with Gasteiger partial charge in [-0.15, -0.1) is 0 Å². The zero-order chi connectivity index (χ0) is 14.8. The summed E-state index contributed by atoms with van der Waals surface area (Å²) in [4.78, 5) is 2.59. The summed E-state index contributed by atoms with van der Waals surface area (Å²) in [6, 6.07) is 7.55. The molecule has 112 valence electrons. The maximum absolute atomic E-state index is 8.99. The average molecular weight is 296 g/mol. The van der Waals surface area contributed by atoms with Crippen molar-refractivity contribution in [1.82, 2.24) is 4.90 Å². The number of nitrogens with zero attached hydrogens (tertiary/aromatic N) is 1. The Hall–Kier alpha value is -1.17. The number of aliphatic hydroxyl groups excluding tert-OH is 1. The van der Waals surface area contributed by atoms with Gasteiger partial charge in [0, 0.05) is 13.1 Å². The zero-order valence-electron chi connectivity index (χ0n) is 12.0. The highest BCUT2D eigenvalue weighted by Gasteiger charge is 2.06. The van der Waals surface area contributed by atoms with E-state index in [0.29, 0.717) is 11.6 Å². The monoisotopic (exact) mass is 296 g/mol. The number of hydrogen-bond donors (Lipinski definition) is 2. The van der Waals surface area contributed by atoms with Crippen LogP contribution in [0.5, 0.6) is 5.75 Å². The first-order chi connectivity index (χ1) is 9.69. The van der Waals surface area contributed by atoms with Crippen molar-refractivity contribution in [2.24, 2.45) is 5.73 Å². The molecule has 0 radical (unpaired) electrons. The van der Waals surface area contributed by atoms with Gasteiger partial charge in [-0.1, -0.05) is 31.3 Å². The Bertz CT molecular complexity index is 407. The first-order valence-corrected chi connectivity index (χ1v) is 7.44. The Labute approximate surface area is 126 Å². The maximum Gasteiger partial charge on any atom is 0.129 e. The molecule has 0 fully saturated rings. The molecular weight excluding hydrogens is 272 g/mol. The minimum atomic E-state index is 0.200. The van der Waals surface area contributed by atoms with Crippen LogP contribution in [0.25, 0.3) is 0 Å². The van der Waals surface area contributed by atoms with Crippen molar-refractivity contribution in [1.29, 1.82) is 0 Å². The van der Waals surface area contributed by atoms with Crippen molar-refractivity contribution in [3.63, 3.8) is 0 Å². The zero-order valence-corrected chi connectivity index (χ0v) is 12.9. The summed E-state index contributed by atoms with van der Waals surface area (Å²) >= 11 is 5.00. The topological polar surface area (TPSA) is 58.7 Å². The second-order valence-electron chi connectivity index (χ2n) is 4.63. The van der Waals surface area contributed by atoms with Crippen LogP contribution >= 0.6 is 12.2 Å². The summed E-state index contributed by atoms with van der Waals surface area (Å²) in [5.74, 6) is 0.740. The molecule has 5 heteroatoms. The molecule has 1 rings (SSSR count). The SMILES string of the molecule is CCCN(CCO)CCCOc1ccccc1C(N)=S. The van der Waals surface area contributed by atoms with E-state index in [1.54, 1.807) is 0 Å². The standard InChI is InChI=1S/C15H24N2O2S/c1-2-8-17(10-11-18)9-5-12-19-14-7-4-3-6-13(14)15(16)20/h3-4,6-7,18H,2,5,8-12H2,1H3,(H2,16,20). The first-order valence-electron chi connectivity index (χ1n) is 7.03. The van der Waals surface area contributed by atoms with Gasteiger partial charge in [0.25, 0.3) is 0 Å². The molecule has 0 aliphatic heterocycles. The lowest BCUT2D eigenvalue weighted by Crippen LogP contribution is -2.29. The van der Waals surface area contributed by atoms with Crippen LogP contribution in [0.1, 0.15) is 25.3 Å². The molecule has 0 aliphatic rings. The smallest absolute Gasteiger partial charge is 0.129 e. The summed E-state index contributed by atoms with van der Waals surface area (Å²) < 4.78 is 5.75. The number of hydrogen-bond acceptors (Lipinski definition) is 4. The van der Waals surface area contributed by atoms with Gasteiger partial charge in [-0.05, 0) is 31.5 Å². The molecule has 0 bridgehead atoms. The molecule has 0 heterocycles. The molecule has 0 amide bonds. The number of rotatable bonds is 10. The fourth-order valence-corrected chi connectivity index (χ4v) is 2.23. The molecule has 0 aromatic heterocycles. The number of benzene rings is 1. The third-order valence-electron chi connectivity index (χ3n) is 2.98. The van der Waals surface area contributed by atoms with E-state index in [2.05, 4.69) is 11.8 Å². The maximum atomic E-state index is 8.99. The lowest BCUT2D eigenvalue weighted by Gasteiger charge is -2.20. The van der Waals surface area contributed by atoms with Crippen LogP contribution in [0.2, 0.25) is 0 Å². The average Bonchev–Trinajstić information content (AvgIpc) is 2.44. The number of nitrogens with two attached hydrogens (primary N) is 1. The van der Waals surface area contributed by atoms with E-state index in [0.717, 1.165) is 43.8 Å². The Morgan fingerprint density at radius 3 is 2.70 bits per heavy atom. The fraction of sp³-hybridized carbons (Fsp3) is 0.533. The van der Waals surface area contributed by atoms with E-state index >= 15 is 0 Å². The van der Waals surface area contributed by atoms with Gasteiger partial charge in [0.1, 0.15) is 10.7 Å². The lowest BCUT2D eigenvalue weighted by atomic mass is 10.2. The highest BCUT2D eigenvalue weighted by atomic mass is 32.1. The van der Waals surface area contributed by atoms with Crippen molar-refractivity contribution < 1.29 is 9.84 Å². The molecule has 1 aromatic carbocycles. The van der Waals surface area contributed by atoms with Crippen molar-refractivity contribution in [2.45, 2.75) is 19.8 Å². The normalized spacial score (nSPS) is 10.8. The molecule has 0 spiro atoms. The molecule has 0 atom stereocenters. The van der Waals surface area contributed by atoms with E-state index < -0.39 is 0 Å². The van der Waals surface area contributed by atoms with E-state index in [9.17, 15) is 0 Å². The molecule has 0 aliphatic carbocycles. The highest BCUT2D eigenvalue weighted by molar-refractivity contribution is 7.80. The fourth-order valence-electron chi connectivity index (χ4n) is 2.06. The predicted molar refractivity (Wildman–Crippen MR) is 86.3 cm³/mol. The van der Waals surface area contributed by atoms with Crippen LogP contribution in [0.3, 0.4) is 0 Å². The largest absolute Gasteiger partial charge is 0.493 e. The molecule has 0 saturated carbocycles. The predicted octanol–water partition coefficient (Wildman–Crippen LogP) is 1.79. The van der Waals surface area contributed by atoms with Crippen LogP contribution in [-0.4, -0.2) is 47.8 Å². The Balaban J connectivity index is 2.38. The van der Waals surface area contributed by atoms with Gasteiger partial charge in [0.05, 0.1) is 18.8 Å². The van der Waals surface area contributed by atoms with Gasteiger partial charge in [0.15, 0.2) is 0 Å². The van der Waals surface area contributed by atoms with Crippen molar-refractivity contribution >= 4 is 17.2 Å². The summed E-state index contributed by atoms with van der Waals surface area (Å²) in [6.45, 7) is 5.60. The van der Waals surface area contributed by atoms with Crippen LogP contribution in [-0.2, 0) is 0 Å². The van der Waals surface area contributed by atoms with E-state index in [4.69, 9.17) is 27.8 Å². The number of ether oxygens (including phenoxy) is 1. The van der Waals surface area contributed by atoms with Crippen molar-refractivity contribution in [3.8, 4) is 5.75 Å². The molecule has 20 heavy (non-hydrogen) atoms. The Morgan fingerprint density at radius 1 is 1.30 bits per heavy atom. The number of para-hydroxylation sites is 1. The van der Waals surface area contributed by atoms with Gasteiger partial charge >= 0.3 is 0 Å². The van der Waals surface area contributed by atoms with Gasteiger partial charge in [-0.3, -0.25) is 0 Å². The Morgan fingerprint density at radius 2 is 2.05 bits per heavy atom. The van der Waals surface area contributed by atoms with Gasteiger partial charge < -0.3 is 20.5 Å². The van der Waals surface area contributed by atoms with Gasteiger partial charge in [0.2, 0.25) is 0 Å². The third-order valence-corrected chi connectivity index (χ3v) is 3.20. The Kier molecular flexibility index (Phi) is 8.18. The van der Waals surface area contributed by atoms with E-state index in [1.807, 2.05) is 24.3 Å². The van der Waals surface area contributed by atoms with Crippen LogP contribution in [0.15, 0.2) is 24.3 Å². The molecule has 0 saturated heterocycles. The van der Waals surface area contributed by atoms with Crippen LogP contribution < -0.4 is 10.5 Å². The summed E-state index contributed by atoms with van der Waals surface area (Å²) in [5, 5.41) is 8.99. The van der Waals surface area contributed by atoms with Crippen molar-refractivity contribution in [2.75, 3.05) is 32.8 Å². The van der Waals surface area contributed by atoms with E-state index in [-0.39, 0.29) is 6.61 Å². The van der Waals surface area contributed by atoms with Crippen LogP contribution in [0, 0.1) is 0 Å². The quantitative estimate of drug-likeness (QED) is 0.509. The lowest BCUT2D eigenvalue weighted by molar-refractivity contribution is 0.183. The van der Waals surface area contributed by atoms with Crippen LogP contribution in [0.4, 0.5) is 0 Å². The first kappa shape index (κ1) is 16.9. The molecule has 1 aromatic rings. The minimum absolute atomic E-state index is 0.200. The number of thiocarbonyl (C=S) groups is 1. The summed E-state index contributed by atoms with van der Waals surface area (Å²) in [5.41, 5.74) is 6.44. The third kappa shape index (κ3) is 5.86.